The lowest BCUT2D eigenvalue weighted by atomic mass is 9.95. The summed E-state index contributed by atoms with van der Waals surface area (Å²) < 4.78 is 14.1. The van der Waals surface area contributed by atoms with Crippen molar-refractivity contribution in [3.05, 3.63) is 58.3 Å². The molecule has 6 heteroatoms. The van der Waals surface area contributed by atoms with Crippen LogP contribution in [0.2, 0.25) is 0 Å². The third kappa shape index (κ3) is 3.53. The first-order valence-corrected chi connectivity index (χ1v) is 6.61. The van der Waals surface area contributed by atoms with Gasteiger partial charge in [0.2, 0.25) is 5.91 Å². The Balaban J connectivity index is 2.18. The highest BCUT2D eigenvalue weighted by atomic mass is 19.1. The van der Waals surface area contributed by atoms with Crippen LogP contribution in [0.1, 0.15) is 24.8 Å². The number of carbonyl (C=O) groups is 1. The Kier molecular flexibility index (Phi) is 4.47. The predicted octanol–water partition coefficient (Wildman–Crippen LogP) is 2.05. The molecule has 2 aromatic rings. The van der Waals surface area contributed by atoms with Crippen LogP contribution in [-0.4, -0.2) is 15.7 Å². The summed E-state index contributed by atoms with van der Waals surface area (Å²) in [7, 11) is 1.53. The molecule has 0 saturated carbocycles. The van der Waals surface area contributed by atoms with Crippen molar-refractivity contribution in [2.24, 2.45) is 7.05 Å². The number of nitrogens with one attached hydrogen (secondary N) is 1. The Hall–Kier alpha value is -2.50. The van der Waals surface area contributed by atoms with E-state index in [9.17, 15) is 14.0 Å². The summed E-state index contributed by atoms with van der Waals surface area (Å²) in [6.07, 6.45) is 1.98. The summed E-state index contributed by atoms with van der Waals surface area (Å²) in [5.74, 6) is -1.00. The highest BCUT2D eigenvalue weighted by Gasteiger charge is 2.19. The summed E-state index contributed by atoms with van der Waals surface area (Å²) in [5.41, 5.74) is 0.777. The lowest BCUT2D eigenvalue weighted by Crippen LogP contribution is -2.24. The van der Waals surface area contributed by atoms with E-state index in [1.165, 1.54) is 36.1 Å². The maximum absolute atomic E-state index is 12.9. The highest BCUT2D eigenvalue weighted by molar-refractivity contribution is 5.95. The molecule has 0 fully saturated rings. The number of benzene rings is 1. The average molecular weight is 289 g/mol. The molecule has 0 spiro atoms. The molecule has 0 aliphatic rings. The number of nitrogens with zero attached hydrogens (tertiary/aromatic N) is 2. The molecule has 21 heavy (non-hydrogen) atoms. The van der Waals surface area contributed by atoms with Crippen LogP contribution in [0.4, 0.5) is 10.1 Å². The highest BCUT2D eigenvalue weighted by Crippen LogP contribution is 2.21. The predicted molar refractivity (Wildman–Crippen MR) is 77.5 cm³/mol. The Bertz CT molecular complexity index is 695. The van der Waals surface area contributed by atoms with Crippen molar-refractivity contribution >= 4 is 11.6 Å². The van der Waals surface area contributed by atoms with Gasteiger partial charge in [-0.25, -0.2) is 9.07 Å². The zero-order valence-corrected chi connectivity index (χ0v) is 11.8. The van der Waals surface area contributed by atoms with Crippen molar-refractivity contribution in [1.82, 2.24) is 9.78 Å². The molecular weight excluding hydrogens is 273 g/mol. The summed E-state index contributed by atoms with van der Waals surface area (Å²) in [6, 6.07) is 7.13. The molecular formula is C15H16FN3O2. The van der Waals surface area contributed by atoms with Crippen molar-refractivity contribution in [1.29, 1.82) is 0 Å². The van der Waals surface area contributed by atoms with Gasteiger partial charge in [0.05, 0.1) is 17.8 Å². The topological polar surface area (TPSA) is 64.0 Å². The van der Waals surface area contributed by atoms with Gasteiger partial charge in [-0.1, -0.05) is 19.1 Å². The van der Waals surface area contributed by atoms with Crippen LogP contribution in [0.5, 0.6) is 0 Å². The number of aromatic nitrogens is 2. The molecule has 1 aromatic heterocycles. The molecule has 0 aliphatic carbocycles. The Morgan fingerprint density at radius 2 is 2.05 bits per heavy atom. The van der Waals surface area contributed by atoms with E-state index in [-0.39, 0.29) is 17.3 Å². The molecule has 0 bridgehead atoms. The maximum Gasteiger partial charge on any atom is 0.268 e. The molecule has 0 radical (unpaired) electrons. The third-order valence-corrected chi connectivity index (χ3v) is 3.23. The molecule has 2 rings (SSSR count). The fraction of sp³-hybridized carbons (Fsp3) is 0.267. The number of carbonyl (C=O) groups excluding carboxylic acids is 1. The van der Waals surface area contributed by atoms with E-state index in [0.29, 0.717) is 12.1 Å². The minimum absolute atomic E-state index is 0.251. The van der Waals surface area contributed by atoms with E-state index in [0.717, 1.165) is 5.56 Å². The largest absolute Gasteiger partial charge is 0.324 e. The van der Waals surface area contributed by atoms with Crippen LogP contribution in [-0.2, 0) is 11.8 Å². The van der Waals surface area contributed by atoms with E-state index in [2.05, 4.69) is 10.4 Å². The summed E-state index contributed by atoms with van der Waals surface area (Å²) in [5, 5.41) is 6.51. The molecule has 0 saturated heterocycles. The van der Waals surface area contributed by atoms with Gasteiger partial charge in [-0.05, 0) is 24.1 Å². The standard InChI is InChI=1S/C15H16FN3O2/c1-3-13(10-4-6-11(16)7-5-10)15(21)18-12-8-14(20)19(2)17-9-12/h4-9,13H,3H2,1-2H3,(H,18,21). The molecule has 1 aromatic carbocycles. The van der Waals surface area contributed by atoms with Gasteiger partial charge >= 0.3 is 0 Å². The van der Waals surface area contributed by atoms with Crippen molar-refractivity contribution in [3.8, 4) is 0 Å². The van der Waals surface area contributed by atoms with Crippen LogP contribution in [0, 0.1) is 5.82 Å². The maximum atomic E-state index is 12.9. The van der Waals surface area contributed by atoms with Crippen LogP contribution < -0.4 is 10.9 Å². The van der Waals surface area contributed by atoms with Crippen molar-refractivity contribution in [2.75, 3.05) is 5.32 Å². The minimum atomic E-state index is -0.408. The molecule has 110 valence electrons. The van der Waals surface area contributed by atoms with Crippen LogP contribution >= 0.6 is 0 Å². The quantitative estimate of drug-likeness (QED) is 0.937. The molecule has 1 amide bonds. The van der Waals surface area contributed by atoms with Gasteiger partial charge in [0.1, 0.15) is 5.82 Å². The number of hydrogen-bond acceptors (Lipinski definition) is 3. The van der Waals surface area contributed by atoms with Crippen LogP contribution in [0.15, 0.2) is 41.3 Å². The van der Waals surface area contributed by atoms with Crippen molar-refractivity contribution in [2.45, 2.75) is 19.3 Å². The molecule has 1 N–H and O–H groups in total. The molecule has 0 aliphatic heterocycles. The normalized spacial score (nSPS) is 12.0. The van der Waals surface area contributed by atoms with Crippen molar-refractivity contribution in [3.63, 3.8) is 0 Å². The zero-order valence-electron chi connectivity index (χ0n) is 11.8. The van der Waals surface area contributed by atoms with E-state index >= 15 is 0 Å². The lowest BCUT2D eigenvalue weighted by molar-refractivity contribution is -0.117. The van der Waals surface area contributed by atoms with Gasteiger partial charge in [-0.3, -0.25) is 9.59 Å². The average Bonchev–Trinajstić information content (AvgIpc) is 2.46. The summed E-state index contributed by atoms with van der Waals surface area (Å²) in [6.45, 7) is 1.87. The Labute approximate surface area is 121 Å². The Morgan fingerprint density at radius 3 is 2.62 bits per heavy atom. The molecule has 1 unspecified atom stereocenters. The van der Waals surface area contributed by atoms with E-state index in [1.807, 2.05) is 6.92 Å². The first kappa shape index (κ1) is 14.9. The van der Waals surface area contributed by atoms with Gasteiger partial charge in [0, 0.05) is 13.1 Å². The molecule has 5 nitrogen and oxygen atoms in total. The van der Waals surface area contributed by atoms with Gasteiger partial charge in [0.15, 0.2) is 0 Å². The van der Waals surface area contributed by atoms with Gasteiger partial charge in [0.25, 0.3) is 5.56 Å². The third-order valence-electron chi connectivity index (χ3n) is 3.23. The second-order valence-corrected chi connectivity index (χ2v) is 4.71. The van der Waals surface area contributed by atoms with Gasteiger partial charge in [-0.15, -0.1) is 0 Å². The minimum Gasteiger partial charge on any atom is -0.324 e. The van der Waals surface area contributed by atoms with E-state index < -0.39 is 5.92 Å². The summed E-state index contributed by atoms with van der Waals surface area (Å²) >= 11 is 0. The SMILES string of the molecule is CCC(C(=O)Nc1cnn(C)c(=O)c1)c1ccc(F)cc1. The van der Waals surface area contributed by atoms with Crippen LogP contribution in [0.25, 0.3) is 0 Å². The number of halogens is 1. The van der Waals surface area contributed by atoms with E-state index in [1.54, 1.807) is 12.1 Å². The first-order chi connectivity index (χ1) is 10.0. The first-order valence-electron chi connectivity index (χ1n) is 6.61. The Morgan fingerprint density at radius 1 is 1.38 bits per heavy atom. The number of aryl methyl sites for hydroxylation is 1. The monoisotopic (exact) mass is 289 g/mol. The zero-order chi connectivity index (χ0) is 15.4. The second kappa shape index (κ2) is 6.30. The number of anilines is 1. The second-order valence-electron chi connectivity index (χ2n) is 4.71. The number of hydrogen-bond donors (Lipinski definition) is 1. The summed E-state index contributed by atoms with van der Waals surface area (Å²) in [4.78, 5) is 23.8. The van der Waals surface area contributed by atoms with E-state index in [4.69, 9.17) is 0 Å². The lowest BCUT2D eigenvalue weighted by Gasteiger charge is -2.15. The fourth-order valence-electron chi connectivity index (χ4n) is 2.03. The number of amides is 1. The van der Waals surface area contributed by atoms with Crippen molar-refractivity contribution < 1.29 is 9.18 Å². The fourth-order valence-corrected chi connectivity index (χ4v) is 2.03. The van der Waals surface area contributed by atoms with Gasteiger partial charge in [-0.2, -0.15) is 5.10 Å². The van der Waals surface area contributed by atoms with Gasteiger partial charge < -0.3 is 5.32 Å². The molecule has 1 heterocycles. The smallest absolute Gasteiger partial charge is 0.268 e. The number of rotatable bonds is 4. The van der Waals surface area contributed by atoms with Crippen LogP contribution in [0.3, 0.4) is 0 Å². The molecule has 1 atom stereocenters.